The van der Waals surface area contributed by atoms with E-state index in [1.54, 1.807) is 12.1 Å². The van der Waals surface area contributed by atoms with E-state index in [4.69, 9.17) is 16.3 Å². The molecular weight excluding hydrogens is 335 g/mol. The minimum atomic E-state index is 0.449. The van der Waals surface area contributed by atoms with Gasteiger partial charge in [-0.05, 0) is 28.1 Å². The van der Waals surface area contributed by atoms with Crippen LogP contribution in [0, 0.1) is 0 Å². The van der Waals surface area contributed by atoms with Gasteiger partial charge in [-0.15, -0.1) is 0 Å². The molecule has 0 bridgehead atoms. The zero-order valence-corrected chi connectivity index (χ0v) is 11.0. The summed E-state index contributed by atoms with van der Waals surface area (Å²) in [5.74, 6) is 0.531. The van der Waals surface area contributed by atoms with Gasteiger partial charge in [0.05, 0.1) is 16.6 Å². The summed E-state index contributed by atoms with van der Waals surface area (Å²) in [7, 11) is 0. The van der Waals surface area contributed by atoms with Crippen LogP contribution in [0.15, 0.2) is 16.6 Å². The van der Waals surface area contributed by atoms with Crippen molar-refractivity contribution in [3.63, 3.8) is 0 Å². The molecule has 0 aliphatic rings. The molecule has 0 N–H and O–H groups in total. The number of carbonyl (C=O) groups is 1. The predicted molar refractivity (Wildman–Crippen MR) is 63.8 cm³/mol. The molecule has 1 aromatic rings. The molecule has 0 radical (unpaired) electrons. The van der Waals surface area contributed by atoms with Crippen LogP contribution in [-0.4, -0.2) is 18.2 Å². The van der Waals surface area contributed by atoms with E-state index in [1.807, 2.05) is 0 Å². The number of hydrogen-bond acceptors (Lipinski definition) is 2. The Labute approximate surface area is 104 Å². The highest BCUT2D eigenvalue weighted by Crippen LogP contribution is 2.31. The van der Waals surface area contributed by atoms with Gasteiger partial charge in [0.15, 0.2) is 6.29 Å². The second kappa shape index (κ2) is 5.73. The van der Waals surface area contributed by atoms with E-state index in [-0.39, 0.29) is 0 Å². The maximum Gasteiger partial charge on any atom is 0.153 e. The lowest BCUT2D eigenvalue weighted by molar-refractivity contribution is 0.112. The van der Waals surface area contributed by atoms with Crippen molar-refractivity contribution in [1.29, 1.82) is 0 Å². The van der Waals surface area contributed by atoms with Gasteiger partial charge in [-0.25, -0.2) is 0 Å². The summed E-state index contributed by atoms with van der Waals surface area (Å²) in [6.45, 7) is 0.501. The SMILES string of the molecule is O=Cc1cc(Cl)cc(Br)c1OCCBr. The van der Waals surface area contributed by atoms with E-state index in [1.165, 1.54) is 0 Å². The van der Waals surface area contributed by atoms with Gasteiger partial charge in [0.2, 0.25) is 0 Å². The molecule has 0 atom stereocenters. The first-order valence-corrected chi connectivity index (χ1v) is 6.11. The molecule has 0 saturated heterocycles. The average molecular weight is 342 g/mol. The Bertz CT molecular complexity index is 342. The molecule has 0 aliphatic heterocycles. The monoisotopic (exact) mass is 340 g/mol. The normalized spacial score (nSPS) is 9.93. The Morgan fingerprint density at radius 1 is 1.50 bits per heavy atom. The lowest BCUT2D eigenvalue weighted by Gasteiger charge is -2.09. The summed E-state index contributed by atoms with van der Waals surface area (Å²) in [5, 5.41) is 1.21. The van der Waals surface area contributed by atoms with E-state index in [0.717, 1.165) is 6.29 Å². The molecule has 1 aromatic carbocycles. The minimum Gasteiger partial charge on any atom is -0.491 e. The van der Waals surface area contributed by atoms with Gasteiger partial charge in [0.1, 0.15) is 5.75 Å². The quantitative estimate of drug-likeness (QED) is 0.616. The summed E-state index contributed by atoms with van der Waals surface area (Å²) in [5.41, 5.74) is 0.449. The third-order valence-electron chi connectivity index (χ3n) is 1.49. The highest BCUT2D eigenvalue weighted by Gasteiger charge is 2.09. The Balaban J connectivity index is 3.05. The highest BCUT2D eigenvalue weighted by molar-refractivity contribution is 9.10. The number of alkyl halides is 1. The van der Waals surface area contributed by atoms with Gasteiger partial charge in [-0.3, -0.25) is 4.79 Å². The summed E-state index contributed by atoms with van der Waals surface area (Å²) < 4.78 is 6.07. The second-order valence-corrected chi connectivity index (χ2v) is 4.55. The van der Waals surface area contributed by atoms with Crippen LogP contribution in [0.25, 0.3) is 0 Å². The molecule has 0 saturated carbocycles. The van der Waals surface area contributed by atoms with Gasteiger partial charge in [0, 0.05) is 10.4 Å². The number of ether oxygens (including phenoxy) is 1. The van der Waals surface area contributed by atoms with Gasteiger partial charge >= 0.3 is 0 Å². The molecule has 0 unspecified atom stereocenters. The number of hydrogen-bond donors (Lipinski definition) is 0. The summed E-state index contributed by atoms with van der Waals surface area (Å²) in [6.07, 6.45) is 0.722. The first kappa shape index (κ1) is 12.0. The third-order valence-corrected chi connectivity index (χ3v) is 2.62. The second-order valence-electron chi connectivity index (χ2n) is 2.46. The molecule has 0 spiro atoms. The average Bonchev–Trinajstić information content (AvgIpc) is 2.15. The van der Waals surface area contributed by atoms with E-state index in [0.29, 0.717) is 32.7 Å². The molecule has 76 valence electrons. The Kier molecular flexibility index (Phi) is 4.92. The predicted octanol–water partition coefficient (Wildman–Crippen LogP) is 3.69. The van der Waals surface area contributed by atoms with Gasteiger partial charge < -0.3 is 4.74 Å². The van der Waals surface area contributed by atoms with Crippen LogP contribution >= 0.6 is 43.5 Å². The smallest absolute Gasteiger partial charge is 0.153 e. The van der Waals surface area contributed by atoms with Crippen LogP contribution in [0.2, 0.25) is 5.02 Å². The zero-order chi connectivity index (χ0) is 10.6. The maximum atomic E-state index is 10.7. The molecule has 5 heteroatoms. The Hall–Kier alpha value is -0.0600. The molecule has 14 heavy (non-hydrogen) atoms. The minimum absolute atomic E-state index is 0.449. The molecule has 0 aromatic heterocycles. The first-order chi connectivity index (χ1) is 6.69. The zero-order valence-electron chi connectivity index (χ0n) is 7.10. The summed E-state index contributed by atoms with van der Waals surface area (Å²) in [4.78, 5) is 10.7. The highest BCUT2D eigenvalue weighted by atomic mass is 79.9. The molecule has 0 heterocycles. The van der Waals surface area contributed by atoms with Gasteiger partial charge in [0.25, 0.3) is 0 Å². The molecule has 0 amide bonds. The van der Waals surface area contributed by atoms with E-state index >= 15 is 0 Å². The van der Waals surface area contributed by atoms with Crippen LogP contribution in [-0.2, 0) is 0 Å². The van der Waals surface area contributed by atoms with E-state index in [9.17, 15) is 4.79 Å². The number of aldehydes is 1. The molecule has 1 rings (SSSR count). The van der Waals surface area contributed by atoms with Crippen molar-refractivity contribution in [3.8, 4) is 5.75 Å². The largest absolute Gasteiger partial charge is 0.491 e. The number of halogens is 3. The summed E-state index contributed by atoms with van der Waals surface area (Å²) in [6, 6.07) is 3.26. The molecule has 2 nitrogen and oxygen atoms in total. The van der Waals surface area contributed by atoms with E-state index in [2.05, 4.69) is 31.9 Å². The van der Waals surface area contributed by atoms with Crippen LogP contribution in [0.3, 0.4) is 0 Å². The number of carbonyl (C=O) groups excluding carboxylic acids is 1. The van der Waals surface area contributed by atoms with Crippen molar-refractivity contribution in [2.75, 3.05) is 11.9 Å². The van der Waals surface area contributed by atoms with Crippen molar-refractivity contribution in [1.82, 2.24) is 0 Å². The fourth-order valence-electron chi connectivity index (χ4n) is 0.961. The molecule has 0 aliphatic carbocycles. The van der Waals surface area contributed by atoms with Crippen molar-refractivity contribution in [3.05, 3.63) is 27.2 Å². The number of benzene rings is 1. The standard InChI is InChI=1S/C9H7Br2ClO2/c10-1-2-14-9-6(5-13)3-7(12)4-8(9)11/h3-5H,1-2H2. The third kappa shape index (κ3) is 2.97. The fraction of sp³-hybridized carbons (Fsp3) is 0.222. The van der Waals surface area contributed by atoms with Crippen molar-refractivity contribution in [2.45, 2.75) is 0 Å². The lowest BCUT2D eigenvalue weighted by atomic mass is 10.2. The number of rotatable bonds is 4. The van der Waals surface area contributed by atoms with Crippen LogP contribution in [0.1, 0.15) is 10.4 Å². The van der Waals surface area contributed by atoms with Crippen molar-refractivity contribution < 1.29 is 9.53 Å². The first-order valence-electron chi connectivity index (χ1n) is 3.82. The Morgan fingerprint density at radius 2 is 2.21 bits per heavy atom. The summed E-state index contributed by atoms with van der Waals surface area (Å²) >= 11 is 12.3. The van der Waals surface area contributed by atoms with Crippen LogP contribution in [0.4, 0.5) is 0 Å². The molecule has 0 fully saturated rings. The van der Waals surface area contributed by atoms with E-state index < -0.39 is 0 Å². The maximum absolute atomic E-state index is 10.7. The van der Waals surface area contributed by atoms with Gasteiger partial charge in [-0.1, -0.05) is 27.5 Å². The van der Waals surface area contributed by atoms with Crippen LogP contribution in [0.5, 0.6) is 5.75 Å². The topological polar surface area (TPSA) is 26.3 Å². The Morgan fingerprint density at radius 3 is 2.79 bits per heavy atom. The lowest BCUT2D eigenvalue weighted by Crippen LogP contribution is -2.01. The van der Waals surface area contributed by atoms with Crippen molar-refractivity contribution in [2.24, 2.45) is 0 Å². The molecular formula is C9H7Br2ClO2. The van der Waals surface area contributed by atoms with Crippen LogP contribution < -0.4 is 4.74 Å². The van der Waals surface area contributed by atoms with Crippen molar-refractivity contribution >= 4 is 49.7 Å². The van der Waals surface area contributed by atoms with Gasteiger partial charge in [-0.2, -0.15) is 0 Å². The fourth-order valence-corrected chi connectivity index (χ4v) is 2.07.